The number of hydrogen-bond donors (Lipinski definition) is 1. The van der Waals surface area contributed by atoms with Crippen LogP contribution in [0.3, 0.4) is 0 Å². The summed E-state index contributed by atoms with van der Waals surface area (Å²) in [4.78, 5) is 16.7. The van der Waals surface area contributed by atoms with Gasteiger partial charge in [-0.2, -0.15) is 0 Å². The molecule has 3 rings (SSSR count). The lowest BCUT2D eigenvalue weighted by atomic mass is 10.2. The number of nitrogens with zero attached hydrogens (tertiary/aromatic N) is 2. The molecule has 1 aromatic carbocycles. The molecule has 23 heavy (non-hydrogen) atoms. The van der Waals surface area contributed by atoms with Crippen LogP contribution in [0.15, 0.2) is 30.5 Å². The summed E-state index contributed by atoms with van der Waals surface area (Å²) >= 11 is 0. The highest BCUT2D eigenvalue weighted by Gasteiger charge is 2.20. The first kappa shape index (κ1) is 15.1. The van der Waals surface area contributed by atoms with Gasteiger partial charge in [0.05, 0.1) is 11.4 Å². The van der Waals surface area contributed by atoms with Gasteiger partial charge in [0.1, 0.15) is 11.3 Å². The Bertz CT molecular complexity index is 934. The van der Waals surface area contributed by atoms with Crippen LogP contribution in [-0.2, 0) is 0 Å². The van der Waals surface area contributed by atoms with Crippen LogP contribution < -0.4 is 5.32 Å². The number of rotatable bonds is 2. The first-order chi connectivity index (χ1) is 10.9. The first-order valence-electron chi connectivity index (χ1n) is 6.78. The maximum Gasteiger partial charge on any atom is 0.274 e. The fraction of sp³-hybridized carbons (Fsp3) is 0.125. The second-order valence-electron chi connectivity index (χ2n) is 5.16. The third-order valence-electron chi connectivity index (χ3n) is 3.45. The number of hydrogen-bond acceptors (Lipinski definition) is 2. The van der Waals surface area contributed by atoms with Crippen LogP contribution in [0.25, 0.3) is 5.65 Å². The summed E-state index contributed by atoms with van der Waals surface area (Å²) in [5.41, 5.74) is 1.75. The topological polar surface area (TPSA) is 46.4 Å². The van der Waals surface area contributed by atoms with E-state index >= 15 is 0 Å². The zero-order valence-corrected chi connectivity index (χ0v) is 12.3. The van der Waals surface area contributed by atoms with Crippen molar-refractivity contribution in [3.63, 3.8) is 0 Å². The molecule has 2 heterocycles. The Balaban J connectivity index is 2.02. The lowest BCUT2D eigenvalue weighted by molar-refractivity contribution is 0.102. The van der Waals surface area contributed by atoms with Gasteiger partial charge in [-0.25, -0.2) is 18.2 Å². The number of anilines is 1. The van der Waals surface area contributed by atoms with Crippen LogP contribution in [0.2, 0.25) is 0 Å². The van der Waals surface area contributed by atoms with Gasteiger partial charge in [0.25, 0.3) is 5.91 Å². The number of imidazole rings is 1. The molecule has 0 aliphatic carbocycles. The Kier molecular flexibility index (Phi) is 3.55. The monoisotopic (exact) mass is 319 g/mol. The predicted molar refractivity (Wildman–Crippen MR) is 78.9 cm³/mol. The molecule has 0 unspecified atom stereocenters. The van der Waals surface area contributed by atoms with Crippen molar-refractivity contribution in [2.24, 2.45) is 0 Å². The lowest BCUT2D eigenvalue weighted by Gasteiger charge is -2.08. The molecular formula is C16H12F3N3O. The van der Waals surface area contributed by atoms with E-state index in [4.69, 9.17) is 0 Å². The molecule has 0 saturated heterocycles. The van der Waals surface area contributed by atoms with Crippen molar-refractivity contribution in [1.29, 1.82) is 0 Å². The minimum atomic E-state index is -1.63. The summed E-state index contributed by atoms with van der Waals surface area (Å²) in [5.74, 6) is -5.06. The van der Waals surface area contributed by atoms with Crippen LogP contribution >= 0.6 is 0 Å². The summed E-state index contributed by atoms with van der Waals surface area (Å²) in [6.07, 6.45) is 1.67. The molecule has 7 heteroatoms. The number of halogens is 3. The molecule has 0 aliphatic heterocycles. The maximum atomic E-state index is 13.7. The average Bonchev–Trinajstić information content (AvgIpc) is 2.82. The molecule has 0 bridgehead atoms. The summed E-state index contributed by atoms with van der Waals surface area (Å²) < 4.78 is 41.4. The molecule has 2 aromatic heterocycles. The van der Waals surface area contributed by atoms with Gasteiger partial charge in [0.15, 0.2) is 17.5 Å². The van der Waals surface area contributed by atoms with E-state index in [-0.39, 0.29) is 5.69 Å². The highest BCUT2D eigenvalue weighted by molar-refractivity contribution is 6.04. The number of fused-ring (bicyclic) bond motifs is 1. The minimum Gasteiger partial charge on any atom is -0.318 e. The molecule has 4 nitrogen and oxygen atoms in total. The molecule has 3 aromatic rings. The Morgan fingerprint density at radius 2 is 1.87 bits per heavy atom. The predicted octanol–water partition coefficient (Wildman–Crippen LogP) is 3.62. The number of carbonyl (C=O) groups is 1. The third kappa shape index (κ3) is 2.54. The van der Waals surface area contributed by atoms with Crippen molar-refractivity contribution >= 4 is 17.2 Å². The number of pyridine rings is 1. The molecule has 1 amide bonds. The Labute approximate surface area is 129 Å². The molecule has 0 atom stereocenters. The van der Waals surface area contributed by atoms with Gasteiger partial charge in [0, 0.05) is 6.20 Å². The number of aromatic nitrogens is 2. The molecule has 0 aliphatic rings. The second-order valence-corrected chi connectivity index (χ2v) is 5.16. The number of benzene rings is 1. The van der Waals surface area contributed by atoms with E-state index in [1.54, 1.807) is 29.7 Å². The van der Waals surface area contributed by atoms with E-state index in [0.29, 0.717) is 11.3 Å². The van der Waals surface area contributed by atoms with E-state index in [9.17, 15) is 18.0 Å². The largest absolute Gasteiger partial charge is 0.318 e. The standard InChI is InChI=1S/C16H12F3N3O/c1-8-5-6-22-12(7-8)20-9(2)15(22)16(23)21-11-4-3-10(17)13(18)14(11)19/h3-7H,1-2H3,(H,21,23). The first-order valence-corrected chi connectivity index (χ1v) is 6.78. The van der Waals surface area contributed by atoms with Gasteiger partial charge in [0.2, 0.25) is 0 Å². The summed E-state index contributed by atoms with van der Waals surface area (Å²) in [5, 5.41) is 2.25. The minimum absolute atomic E-state index is 0.198. The fourth-order valence-corrected chi connectivity index (χ4v) is 2.34. The average molecular weight is 319 g/mol. The zero-order chi connectivity index (χ0) is 16.7. The van der Waals surface area contributed by atoms with Crippen molar-refractivity contribution in [3.8, 4) is 0 Å². The van der Waals surface area contributed by atoms with Gasteiger partial charge < -0.3 is 5.32 Å². The van der Waals surface area contributed by atoms with E-state index in [0.717, 1.165) is 17.7 Å². The van der Waals surface area contributed by atoms with E-state index in [1.807, 2.05) is 6.92 Å². The van der Waals surface area contributed by atoms with E-state index in [2.05, 4.69) is 10.3 Å². The van der Waals surface area contributed by atoms with Gasteiger partial charge in [-0.3, -0.25) is 9.20 Å². The van der Waals surface area contributed by atoms with Crippen LogP contribution in [0.5, 0.6) is 0 Å². The lowest BCUT2D eigenvalue weighted by Crippen LogP contribution is -2.17. The molecule has 0 spiro atoms. The van der Waals surface area contributed by atoms with Gasteiger partial charge in [-0.05, 0) is 43.7 Å². The van der Waals surface area contributed by atoms with Crippen molar-refractivity contribution < 1.29 is 18.0 Å². The van der Waals surface area contributed by atoms with Crippen LogP contribution in [-0.4, -0.2) is 15.3 Å². The van der Waals surface area contributed by atoms with Gasteiger partial charge in [-0.15, -0.1) is 0 Å². The van der Waals surface area contributed by atoms with Gasteiger partial charge >= 0.3 is 0 Å². The van der Waals surface area contributed by atoms with Crippen LogP contribution in [0.1, 0.15) is 21.7 Å². The fourth-order valence-electron chi connectivity index (χ4n) is 2.34. The third-order valence-corrected chi connectivity index (χ3v) is 3.45. The second kappa shape index (κ2) is 5.42. The normalized spacial score (nSPS) is 11.0. The molecule has 1 N–H and O–H groups in total. The number of nitrogens with one attached hydrogen (secondary N) is 1. The smallest absolute Gasteiger partial charge is 0.274 e. The molecule has 118 valence electrons. The highest BCUT2D eigenvalue weighted by Crippen LogP contribution is 2.21. The van der Waals surface area contributed by atoms with Gasteiger partial charge in [-0.1, -0.05) is 0 Å². The van der Waals surface area contributed by atoms with E-state index in [1.165, 1.54) is 0 Å². The Morgan fingerprint density at radius 1 is 1.13 bits per heavy atom. The van der Waals surface area contributed by atoms with E-state index < -0.39 is 29.0 Å². The number of aryl methyl sites for hydroxylation is 2. The van der Waals surface area contributed by atoms with Crippen molar-refractivity contribution in [1.82, 2.24) is 9.38 Å². The highest BCUT2D eigenvalue weighted by atomic mass is 19.2. The molecular weight excluding hydrogens is 307 g/mol. The summed E-state index contributed by atoms with van der Waals surface area (Å²) in [7, 11) is 0. The number of carbonyl (C=O) groups excluding carboxylic acids is 1. The molecule has 0 saturated carbocycles. The summed E-state index contributed by atoms with van der Waals surface area (Å²) in [6, 6.07) is 5.30. The van der Waals surface area contributed by atoms with Crippen molar-refractivity contribution in [2.75, 3.05) is 5.32 Å². The maximum absolute atomic E-state index is 13.7. The van der Waals surface area contributed by atoms with Crippen LogP contribution in [0, 0.1) is 31.3 Å². The molecule has 0 radical (unpaired) electrons. The Hall–Kier alpha value is -2.83. The SMILES string of the molecule is Cc1ccn2c(C(=O)Nc3ccc(F)c(F)c3F)c(C)nc2c1. The zero-order valence-electron chi connectivity index (χ0n) is 12.3. The summed E-state index contributed by atoms with van der Waals surface area (Å²) in [6.45, 7) is 3.53. The van der Waals surface area contributed by atoms with Crippen molar-refractivity contribution in [2.45, 2.75) is 13.8 Å². The molecule has 0 fully saturated rings. The Morgan fingerprint density at radius 3 is 2.61 bits per heavy atom. The number of amides is 1. The quantitative estimate of drug-likeness (QED) is 0.733. The van der Waals surface area contributed by atoms with Crippen LogP contribution in [0.4, 0.5) is 18.9 Å². The van der Waals surface area contributed by atoms with Crippen molar-refractivity contribution in [3.05, 3.63) is 64.9 Å².